The molecule has 5 nitrogen and oxygen atoms in total. The maximum absolute atomic E-state index is 11.4. The molecule has 1 amide bonds. The fourth-order valence-electron chi connectivity index (χ4n) is 1.84. The molecule has 3 N–H and O–H groups in total. The van der Waals surface area contributed by atoms with Gasteiger partial charge in [0.2, 0.25) is 17.4 Å². The van der Waals surface area contributed by atoms with Crippen LogP contribution in [-0.2, 0) is 9.59 Å². The monoisotopic (exact) mass is 217 g/mol. The van der Waals surface area contributed by atoms with Crippen LogP contribution in [0.25, 0.3) is 0 Å². The first-order chi connectivity index (χ1) is 6.35. The second-order valence-corrected chi connectivity index (χ2v) is 4.09. The molecule has 0 aromatic heterocycles. The summed E-state index contributed by atoms with van der Waals surface area (Å²) in [5, 5.41) is 21.4. The molecule has 0 aromatic carbocycles. The Morgan fingerprint density at radius 1 is 1.43 bits per heavy atom. The molecule has 1 aliphatic heterocycles. The molecule has 1 fully saturated rings. The van der Waals surface area contributed by atoms with Gasteiger partial charge in [-0.1, -0.05) is 11.6 Å². The number of Topliss-reactive ketones (excluding diaryl/α,β-unsaturated/α-hetero) is 1. The lowest BCUT2D eigenvalue weighted by Gasteiger charge is -2.42. The Morgan fingerprint density at radius 2 is 2.07 bits per heavy atom. The summed E-state index contributed by atoms with van der Waals surface area (Å²) < 4.78 is 0. The predicted octanol–water partition coefficient (Wildman–Crippen LogP) is -0.979. The topological polar surface area (TPSA) is 86.6 Å². The van der Waals surface area contributed by atoms with Crippen LogP contribution in [0.1, 0.15) is 12.8 Å². The molecule has 2 bridgehead atoms. The molecule has 1 heterocycles. The summed E-state index contributed by atoms with van der Waals surface area (Å²) in [4.78, 5) is 22.5. The highest BCUT2D eigenvalue weighted by Crippen LogP contribution is 2.37. The molecule has 2 atom stereocenters. The summed E-state index contributed by atoms with van der Waals surface area (Å²) in [5.74, 6) is -1.35. The molecule has 2 aliphatic rings. The highest BCUT2D eigenvalue weighted by atomic mass is 35.5. The third kappa shape index (κ3) is 1.25. The number of halogens is 1. The number of fused-ring (bicyclic) bond motifs is 2. The number of ketones is 1. The molecule has 2 unspecified atom stereocenters. The Hall–Kier alpha value is -0.910. The normalized spacial score (nSPS) is 41.8. The van der Waals surface area contributed by atoms with E-state index < -0.39 is 23.0 Å². The highest BCUT2D eigenvalue weighted by molar-refractivity contribution is 6.44. The van der Waals surface area contributed by atoms with Gasteiger partial charge in [0.15, 0.2) is 0 Å². The van der Waals surface area contributed by atoms with Crippen molar-refractivity contribution in [1.29, 1.82) is 0 Å². The Balaban J connectivity index is 2.52. The summed E-state index contributed by atoms with van der Waals surface area (Å²) in [7, 11) is 0. The zero-order chi connectivity index (χ0) is 10.6. The van der Waals surface area contributed by atoms with Crippen molar-refractivity contribution in [2.24, 2.45) is 0 Å². The third-order valence-electron chi connectivity index (χ3n) is 2.36. The molecule has 0 aromatic rings. The first-order valence-electron chi connectivity index (χ1n) is 4.04. The molecule has 0 saturated carbocycles. The minimum absolute atomic E-state index is 0.196. The number of rotatable bonds is 0. The van der Waals surface area contributed by atoms with E-state index in [1.165, 1.54) is 0 Å². The summed E-state index contributed by atoms with van der Waals surface area (Å²) in [6, 6.07) is 0. The largest absolute Gasteiger partial charge is 0.385 e. The van der Waals surface area contributed by atoms with Crippen LogP contribution in [-0.4, -0.2) is 33.2 Å². The van der Waals surface area contributed by atoms with Crippen molar-refractivity contribution in [2.75, 3.05) is 0 Å². The van der Waals surface area contributed by atoms with E-state index in [1.54, 1.807) is 0 Å². The predicted molar refractivity (Wildman–Crippen MR) is 46.2 cm³/mol. The number of hydrogen-bond acceptors (Lipinski definition) is 4. The maximum Gasteiger partial charge on any atom is 0.226 e. The number of carbonyl (C=O) groups is 2. The molecule has 76 valence electrons. The van der Waals surface area contributed by atoms with Gasteiger partial charge < -0.3 is 15.5 Å². The quantitative estimate of drug-likeness (QED) is 0.487. The van der Waals surface area contributed by atoms with Gasteiger partial charge in [0.1, 0.15) is 0 Å². The third-order valence-corrected chi connectivity index (χ3v) is 2.64. The molecule has 1 saturated heterocycles. The molecule has 14 heavy (non-hydrogen) atoms. The second kappa shape index (κ2) is 2.56. The van der Waals surface area contributed by atoms with Gasteiger partial charge in [-0.3, -0.25) is 9.59 Å². The zero-order valence-corrected chi connectivity index (χ0v) is 7.84. The number of nitrogens with one attached hydrogen (secondary N) is 1. The van der Waals surface area contributed by atoms with E-state index in [1.807, 2.05) is 0 Å². The minimum Gasteiger partial charge on any atom is -0.385 e. The van der Waals surface area contributed by atoms with Gasteiger partial charge in [-0.15, -0.1) is 0 Å². The van der Waals surface area contributed by atoms with Crippen LogP contribution in [0, 0.1) is 0 Å². The lowest BCUT2D eigenvalue weighted by molar-refractivity contribution is -0.163. The average molecular weight is 218 g/mol. The lowest BCUT2D eigenvalue weighted by atomic mass is 9.78. The van der Waals surface area contributed by atoms with Crippen LogP contribution < -0.4 is 5.32 Å². The summed E-state index contributed by atoms with van der Waals surface area (Å²) in [6.45, 7) is 0. The molecule has 1 aliphatic carbocycles. The first-order valence-corrected chi connectivity index (χ1v) is 4.41. The highest BCUT2D eigenvalue weighted by Gasteiger charge is 2.54. The number of amides is 1. The van der Waals surface area contributed by atoms with Crippen molar-refractivity contribution < 1.29 is 19.8 Å². The van der Waals surface area contributed by atoms with E-state index >= 15 is 0 Å². The van der Waals surface area contributed by atoms with Crippen LogP contribution in [0.15, 0.2) is 11.1 Å². The van der Waals surface area contributed by atoms with Crippen molar-refractivity contribution in [3.63, 3.8) is 0 Å². The minimum atomic E-state index is -2.05. The molecule has 2 rings (SSSR count). The van der Waals surface area contributed by atoms with Gasteiger partial charge >= 0.3 is 0 Å². The van der Waals surface area contributed by atoms with Crippen molar-refractivity contribution in [1.82, 2.24) is 5.32 Å². The van der Waals surface area contributed by atoms with E-state index in [9.17, 15) is 19.8 Å². The van der Waals surface area contributed by atoms with Crippen LogP contribution in [0.2, 0.25) is 0 Å². The van der Waals surface area contributed by atoms with Gasteiger partial charge in [0, 0.05) is 6.42 Å². The van der Waals surface area contributed by atoms with Gasteiger partial charge in [0.25, 0.3) is 0 Å². The van der Waals surface area contributed by atoms with Gasteiger partial charge in [-0.2, -0.15) is 0 Å². The van der Waals surface area contributed by atoms with Crippen LogP contribution >= 0.6 is 11.6 Å². The standard InChI is InChI=1S/C8H8ClNO4/c9-4-1-7(13)2-5(11)10-8(14,3-7)6(4)12/h1,13-14H,2-3H2,(H,10,11). The molecule has 0 spiro atoms. The second-order valence-electron chi connectivity index (χ2n) is 3.69. The van der Waals surface area contributed by atoms with Crippen molar-refractivity contribution in [3.05, 3.63) is 11.1 Å². The van der Waals surface area contributed by atoms with Crippen molar-refractivity contribution in [3.8, 4) is 0 Å². The lowest BCUT2D eigenvalue weighted by Crippen LogP contribution is -2.65. The number of piperidine rings is 1. The van der Waals surface area contributed by atoms with Crippen molar-refractivity contribution >= 4 is 23.3 Å². The van der Waals surface area contributed by atoms with Crippen LogP contribution in [0.5, 0.6) is 0 Å². The van der Waals surface area contributed by atoms with E-state index in [0.717, 1.165) is 6.08 Å². The fraction of sp³-hybridized carbons (Fsp3) is 0.500. The van der Waals surface area contributed by atoms with E-state index in [-0.39, 0.29) is 17.9 Å². The Kier molecular flexibility index (Phi) is 1.76. The number of aliphatic hydroxyl groups is 2. The van der Waals surface area contributed by atoms with E-state index in [4.69, 9.17) is 11.6 Å². The first kappa shape index (κ1) is 9.64. The molecule has 6 heteroatoms. The Labute approximate surface area is 84.4 Å². The number of carbonyl (C=O) groups excluding carboxylic acids is 2. The van der Waals surface area contributed by atoms with Gasteiger partial charge in [-0.25, -0.2) is 0 Å². The summed E-state index contributed by atoms with van der Waals surface area (Å²) >= 11 is 5.54. The summed E-state index contributed by atoms with van der Waals surface area (Å²) in [6.07, 6.45) is 0.670. The fourth-order valence-corrected chi connectivity index (χ4v) is 2.20. The van der Waals surface area contributed by atoms with Crippen molar-refractivity contribution in [2.45, 2.75) is 24.2 Å². The molecular formula is C8H8ClNO4. The smallest absolute Gasteiger partial charge is 0.226 e. The van der Waals surface area contributed by atoms with Crippen LogP contribution in [0.4, 0.5) is 0 Å². The van der Waals surface area contributed by atoms with Gasteiger partial charge in [-0.05, 0) is 6.08 Å². The average Bonchev–Trinajstić information content (AvgIpc) is 1.97. The van der Waals surface area contributed by atoms with E-state index in [2.05, 4.69) is 5.32 Å². The SMILES string of the molecule is O=C1CC2(O)C=C(Cl)C(=O)C(O)(C2)N1. The van der Waals surface area contributed by atoms with E-state index in [0.29, 0.717) is 0 Å². The van der Waals surface area contributed by atoms with Gasteiger partial charge in [0.05, 0.1) is 17.1 Å². The number of hydrogen-bond donors (Lipinski definition) is 3. The Bertz CT molecular complexity index is 366. The van der Waals surface area contributed by atoms with Crippen LogP contribution in [0.3, 0.4) is 0 Å². The summed E-state index contributed by atoms with van der Waals surface area (Å²) in [5.41, 5.74) is -3.56. The zero-order valence-electron chi connectivity index (χ0n) is 7.08. The maximum atomic E-state index is 11.4. The molecular weight excluding hydrogens is 210 g/mol. The Morgan fingerprint density at radius 3 is 2.71 bits per heavy atom. The molecule has 0 radical (unpaired) electrons.